The van der Waals surface area contributed by atoms with E-state index in [-0.39, 0.29) is 0 Å². The highest BCUT2D eigenvalue weighted by molar-refractivity contribution is 5.76. The molecule has 46 heavy (non-hydrogen) atoms. The number of hydrogen-bond acceptors (Lipinski definition) is 19. The van der Waals surface area contributed by atoms with Crippen LogP contribution in [0.15, 0.2) is 0 Å². The molecule has 0 aliphatic carbocycles. The zero-order valence-electron chi connectivity index (χ0n) is 24.6. The van der Waals surface area contributed by atoms with Gasteiger partial charge in [-0.3, -0.25) is 9.59 Å². The number of carbonyl (C=O) groups is 3. The SMILES string of the molecule is CC(=O)N[C@H]1[C@H]([C@H](O)[C@H](O)COC(C)=O)O[C@@](O[C@H]2[C@@H](O)[C@@H](CO)O[C@@H](O[C@H]3[C@H](O)[C@@H](O)C(O)O[C@@H]3CO)[C@@H]2O)(C(=O)O)C[C@@H]1O. The Labute approximate surface area is 260 Å². The zero-order valence-corrected chi connectivity index (χ0v) is 24.6. The van der Waals surface area contributed by atoms with Crippen LogP contribution < -0.4 is 5.32 Å². The summed E-state index contributed by atoms with van der Waals surface area (Å²) in [5.74, 6) is -6.66. The summed E-state index contributed by atoms with van der Waals surface area (Å²) in [4.78, 5) is 35.7. The first-order chi connectivity index (χ1) is 21.5. The molecule has 0 bridgehead atoms. The first-order valence-electron chi connectivity index (χ1n) is 14.1. The molecule has 3 aliphatic heterocycles. The van der Waals surface area contributed by atoms with E-state index in [0.29, 0.717) is 0 Å². The lowest BCUT2D eigenvalue weighted by Crippen LogP contribution is -2.70. The molecule has 1 amide bonds. The van der Waals surface area contributed by atoms with Crippen LogP contribution in [-0.4, -0.2) is 191 Å². The topological polar surface area (TPSA) is 341 Å². The molecule has 16 atom stereocenters. The molecule has 12 N–H and O–H groups in total. The maximum Gasteiger partial charge on any atom is 0.364 e. The molecule has 0 aromatic carbocycles. The molecule has 3 fully saturated rings. The van der Waals surface area contributed by atoms with Crippen LogP contribution in [0.3, 0.4) is 0 Å². The van der Waals surface area contributed by atoms with Gasteiger partial charge in [-0.15, -0.1) is 0 Å². The molecule has 21 nitrogen and oxygen atoms in total. The summed E-state index contributed by atoms with van der Waals surface area (Å²) in [7, 11) is 0. The van der Waals surface area contributed by atoms with Gasteiger partial charge >= 0.3 is 11.9 Å². The fourth-order valence-corrected chi connectivity index (χ4v) is 5.36. The molecule has 3 rings (SSSR count). The number of amides is 1. The van der Waals surface area contributed by atoms with Crippen LogP contribution in [0.1, 0.15) is 20.3 Å². The van der Waals surface area contributed by atoms with Gasteiger partial charge in [-0.1, -0.05) is 0 Å². The van der Waals surface area contributed by atoms with Crippen LogP contribution in [0.2, 0.25) is 0 Å². The number of aliphatic carboxylic acids is 1. The van der Waals surface area contributed by atoms with Crippen LogP contribution in [0, 0.1) is 0 Å². The quantitative estimate of drug-likeness (QED) is 0.0854. The summed E-state index contributed by atoms with van der Waals surface area (Å²) in [6, 6.07) is -1.58. The van der Waals surface area contributed by atoms with Crippen LogP contribution >= 0.6 is 0 Å². The fourth-order valence-electron chi connectivity index (χ4n) is 5.36. The van der Waals surface area contributed by atoms with E-state index in [2.05, 4.69) is 10.1 Å². The van der Waals surface area contributed by atoms with E-state index in [9.17, 15) is 70.6 Å². The maximum absolute atomic E-state index is 12.7. The number of nitrogens with one attached hydrogen (secondary N) is 1. The van der Waals surface area contributed by atoms with Crippen molar-refractivity contribution in [3.8, 4) is 0 Å². The number of carboxylic acid groups (broad SMARTS) is 1. The number of aliphatic hydroxyl groups is 10. The van der Waals surface area contributed by atoms with E-state index in [0.717, 1.165) is 13.8 Å². The molecule has 266 valence electrons. The molecule has 1 unspecified atom stereocenters. The number of ether oxygens (including phenoxy) is 6. The summed E-state index contributed by atoms with van der Waals surface area (Å²) in [6.45, 7) is -0.648. The smallest absolute Gasteiger partial charge is 0.364 e. The second-order valence-corrected chi connectivity index (χ2v) is 11.1. The molecule has 0 aromatic heterocycles. The van der Waals surface area contributed by atoms with Gasteiger partial charge in [0.05, 0.1) is 25.4 Å². The average molecular weight is 676 g/mol. The van der Waals surface area contributed by atoms with Gasteiger partial charge in [0.1, 0.15) is 73.8 Å². The van der Waals surface area contributed by atoms with Gasteiger partial charge in [-0.2, -0.15) is 0 Å². The summed E-state index contributed by atoms with van der Waals surface area (Å²) in [5, 5.41) is 116. The normalized spacial score (nSPS) is 42.9. The van der Waals surface area contributed by atoms with Crippen LogP contribution in [-0.2, 0) is 42.8 Å². The minimum absolute atomic E-state index is 0.767. The van der Waals surface area contributed by atoms with Crippen molar-refractivity contribution in [2.45, 2.75) is 118 Å². The van der Waals surface area contributed by atoms with Gasteiger partial charge in [0.15, 0.2) is 12.6 Å². The number of aliphatic hydroxyl groups excluding tert-OH is 10. The van der Waals surface area contributed by atoms with Crippen molar-refractivity contribution in [3.63, 3.8) is 0 Å². The van der Waals surface area contributed by atoms with E-state index in [1.54, 1.807) is 0 Å². The molecule has 3 saturated heterocycles. The molecule has 3 heterocycles. The van der Waals surface area contributed by atoms with E-state index >= 15 is 0 Å². The molecule has 0 radical (unpaired) electrons. The van der Waals surface area contributed by atoms with Crippen LogP contribution in [0.5, 0.6) is 0 Å². The molecule has 0 saturated carbocycles. The Hall–Kier alpha value is -2.19. The van der Waals surface area contributed by atoms with Crippen molar-refractivity contribution in [2.24, 2.45) is 0 Å². The highest BCUT2D eigenvalue weighted by atomic mass is 16.8. The molecule has 0 aromatic rings. The standard InChI is InChI=1S/C25H41NO20/c1-7(29)26-13-9(31)3-25(24(39)40,45-20(13)14(33)10(32)6-41-8(2)30)46-21-15(34)11(4-27)43-23(18(21)37)44-19-12(5-28)42-22(38)17(36)16(19)35/h9-23,27-28,31-38H,3-6H2,1-2H3,(H,26,29)(H,39,40)/t9-,10+,11+,12+,13+,14+,15-,16+,17+,18+,19+,20+,21-,22?,23-,25-/m0/s1. The Morgan fingerprint density at radius 1 is 0.891 bits per heavy atom. The Kier molecular flexibility index (Phi) is 13.1. The minimum atomic E-state index is -3.06. The summed E-state index contributed by atoms with van der Waals surface area (Å²) < 4.78 is 31.7. The predicted octanol–water partition coefficient (Wildman–Crippen LogP) is -7.65. The number of esters is 1. The second kappa shape index (κ2) is 15.8. The monoisotopic (exact) mass is 675 g/mol. The van der Waals surface area contributed by atoms with Crippen molar-refractivity contribution in [3.05, 3.63) is 0 Å². The number of carbonyl (C=O) groups excluding carboxylic acids is 2. The maximum atomic E-state index is 12.7. The number of carboxylic acids is 1. The van der Waals surface area contributed by atoms with Crippen molar-refractivity contribution in [2.75, 3.05) is 19.8 Å². The van der Waals surface area contributed by atoms with Gasteiger partial charge in [0, 0.05) is 20.3 Å². The van der Waals surface area contributed by atoms with E-state index in [1.807, 2.05) is 0 Å². The lowest BCUT2D eigenvalue weighted by molar-refractivity contribution is -0.385. The van der Waals surface area contributed by atoms with Crippen LogP contribution in [0.4, 0.5) is 0 Å². The van der Waals surface area contributed by atoms with Gasteiger partial charge in [0.2, 0.25) is 5.91 Å². The third-order valence-electron chi connectivity index (χ3n) is 7.74. The van der Waals surface area contributed by atoms with Gasteiger partial charge in [0.25, 0.3) is 5.79 Å². The molecule has 0 spiro atoms. The van der Waals surface area contributed by atoms with E-state index in [4.69, 9.17) is 23.7 Å². The minimum Gasteiger partial charge on any atom is -0.477 e. The fraction of sp³-hybridized carbons (Fsp3) is 0.880. The first-order valence-corrected chi connectivity index (χ1v) is 14.1. The molecular formula is C25H41NO20. The predicted molar refractivity (Wildman–Crippen MR) is 140 cm³/mol. The molecule has 21 heteroatoms. The Morgan fingerprint density at radius 2 is 1.52 bits per heavy atom. The van der Waals surface area contributed by atoms with Gasteiger partial charge in [-0.25, -0.2) is 4.79 Å². The Bertz CT molecular complexity index is 1050. The van der Waals surface area contributed by atoms with Crippen molar-refractivity contribution < 1.29 is 99.0 Å². The largest absolute Gasteiger partial charge is 0.477 e. The van der Waals surface area contributed by atoms with Gasteiger partial charge < -0.3 is 89.9 Å². The third kappa shape index (κ3) is 8.26. The van der Waals surface area contributed by atoms with Gasteiger partial charge in [-0.05, 0) is 0 Å². The number of hydrogen-bond donors (Lipinski definition) is 12. The first kappa shape index (κ1) is 38.3. The van der Waals surface area contributed by atoms with E-state index in [1.165, 1.54) is 0 Å². The Balaban J connectivity index is 1.94. The lowest BCUT2D eigenvalue weighted by Gasteiger charge is -2.50. The summed E-state index contributed by atoms with van der Waals surface area (Å²) >= 11 is 0. The van der Waals surface area contributed by atoms with Crippen molar-refractivity contribution in [1.29, 1.82) is 0 Å². The average Bonchev–Trinajstić information content (AvgIpc) is 2.99. The third-order valence-corrected chi connectivity index (χ3v) is 7.74. The lowest BCUT2D eigenvalue weighted by atomic mass is 9.88. The van der Waals surface area contributed by atoms with Crippen molar-refractivity contribution >= 4 is 17.8 Å². The highest BCUT2D eigenvalue weighted by Gasteiger charge is 2.60. The summed E-state index contributed by atoms with van der Waals surface area (Å²) in [5.41, 5.74) is 0. The number of rotatable bonds is 12. The zero-order chi connectivity index (χ0) is 34.7. The molecular weight excluding hydrogens is 634 g/mol. The van der Waals surface area contributed by atoms with Crippen LogP contribution in [0.25, 0.3) is 0 Å². The Morgan fingerprint density at radius 3 is 2.07 bits per heavy atom. The highest BCUT2D eigenvalue weighted by Crippen LogP contribution is 2.38. The second-order valence-electron chi connectivity index (χ2n) is 11.1. The van der Waals surface area contributed by atoms with E-state index < -0.39 is 142 Å². The molecule has 3 aliphatic rings. The summed E-state index contributed by atoms with van der Waals surface area (Å²) in [6.07, 6.45) is -28.1. The van der Waals surface area contributed by atoms with Crippen molar-refractivity contribution in [1.82, 2.24) is 5.32 Å².